The smallest absolute Gasteiger partial charge is 0.211 e. The number of allylic oxidation sites excluding steroid dienone is 2. The minimum Gasteiger partial charge on any atom is -0.598 e. The van der Waals surface area contributed by atoms with E-state index in [1.54, 1.807) is 0 Å². The van der Waals surface area contributed by atoms with Gasteiger partial charge in [-0.25, -0.2) is 9.97 Å². The van der Waals surface area contributed by atoms with Gasteiger partial charge < -0.3 is 15.2 Å². The van der Waals surface area contributed by atoms with E-state index >= 15 is 0 Å². The van der Waals surface area contributed by atoms with E-state index in [0.29, 0.717) is 11.5 Å². The van der Waals surface area contributed by atoms with Crippen LogP contribution in [-0.4, -0.2) is 47.8 Å². The number of hydrogen-bond acceptors (Lipinski definition) is 8. The van der Waals surface area contributed by atoms with E-state index in [0.717, 1.165) is 65.0 Å². The Hall–Kier alpha value is -2.34. The van der Waals surface area contributed by atoms with Crippen LogP contribution in [0.3, 0.4) is 0 Å². The van der Waals surface area contributed by atoms with Crippen LogP contribution >= 0.6 is 23.4 Å². The van der Waals surface area contributed by atoms with Gasteiger partial charge in [-0.2, -0.15) is 0 Å². The number of thioether (sulfide) groups is 1. The Balaban J connectivity index is 1.24. The lowest BCUT2D eigenvalue weighted by Crippen LogP contribution is -2.50. The van der Waals surface area contributed by atoms with E-state index < -0.39 is 11.4 Å². The molecular formula is C30H36ClN7OS2. The molecule has 1 fully saturated rings. The van der Waals surface area contributed by atoms with Crippen molar-refractivity contribution >= 4 is 46.3 Å². The lowest BCUT2D eigenvalue weighted by Gasteiger charge is -2.44. The van der Waals surface area contributed by atoms with Crippen molar-refractivity contribution < 1.29 is 4.55 Å². The van der Waals surface area contributed by atoms with Crippen LogP contribution in [0.15, 0.2) is 76.1 Å². The normalized spacial score (nSPS) is 23.4. The number of imidazole rings is 1. The molecule has 1 unspecified atom stereocenters. The number of anilines is 1. The molecule has 0 aromatic carbocycles. The van der Waals surface area contributed by atoms with Gasteiger partial charge in [-0.1, -0.05) is 53.7 Å². The van der Waals surface area contributed by atoms with Crippen molar-refractivity contribution in [1.29, 1.82) is 0 Å². The molecule has 216 valence electrons. The van der Waals surface area contributed by atoms with Crippen molar-refractivity contribution in [3.63, 3.8) is 0 Å². The topological polar surface area (TPSA) is 107 Å². The van der Waals surface area contributed by atoms with E-state index in [2.05, 4.69) is 31.7 Å². The predicted molar refractivity (Wildman–Crippen MR) is 168 cm³/mol. The van der Waals surface area contributed by atoms with Crippen LogP contribution in [0.25, 0.3) is 5.65 Å². The Morgan fingerprint density at radius 3 is 2.76 bits per heavy atom. The van der Waals surface area contributed by atoms with Gasteiger partial charge >= 0.3 is 0 Å². The maximum absolute atomic E-state index is 13.2. The number of fused-ring (bicyclic) bond motifs is 2. The summed E-state index contributed by atoms with van der Waals surface area (Å²) in [6, 6.07) is 3.75. The molecular weight excluding hydrogens is 574 g/mol. The molecule has 41 heavy (non-hydrogen) atoms. The van der Waals surface area contributed by atoms with Gasteiger partial charge in [0.2, 0.25) is 5.95 Å². The van der Waals surface area contributed by atoms with Crippen LogP contribution in [0.2, 0.25) is 0 Å². The number of piperidine rings is 1. The van der Waals surface area contributed by atoms with Crippen LogP contribution in [0, 0.1) is 5.41 Å². The first kappa shape index (κ1) is 28.8. The maximum Gasteiger partial charge on any atom is 0.211 e. The quantitative estimate of drug-likeness (QED) is 0.291. The van der Waals surface area contributed by atoms with E-state index in [1.165, 1.54) is 17.3 Å². The molecule has 0 saturated carbocycles. The summed E-state index contributed by atoms with van der Waals surface area (Å²) < 4.78 is 18.5. The fraction of sp³-hybridized carbons (Fsp3) is 0.433. The van der Waals surface area contributed by atoms with Crippen LogP contribution in [0.5, 0.6) is 0 Å². The summed E-state index contributed by atoms with van der Waals surface area (Å²) in [5, 5.41) is 0.589. The summed E-state index contributed by atoms with van der Waals surface area (Å²) >= 11 is 7.00. The first-order chi connectivity index (χ1) is 19.6. The van der Waals surface area contributed by atoms with Crippen LogP contribution < -0.4 is 15.4 Å². The van der Waals surface area contributed by atoms with Crippen LogP contribution in [0.1, 0.15) is 57.3 Å². The number of nitrogens with one attached hydrogen (secondary N) is 1. The largest absolute Gasteiger partial charge is 0.598 e. The van der Waals surface area contributed by atoms with Crippen molar-refractivity contribution in [2.45, 2.75) is 68.2 Å². The highest BCUT2D eigenvalue weighted by Gasteiger charge is 2.51. The molecule has 0 bridgehead atoms. The number of rotatable bonds is 5. The fourth-order valence-electron chi connectivity index (χ4n) is 5.96. The maximum atomic E-state index is 13.2. The van der Waals surface area contributed by atoms with E-state index in [9.17, 15) is 4.55 Å². The van der Waals surface area contributed by atoms with Crippen molar-refractivity contribution in [2.75, 3.05) is 18.0 Å². The summed E-state index contributed by atoms with van der Waals surface area (Å²) in [6.45, 7) is 11.8. The number of pyridine rings is 1. The van der Waals surface area contributed by atoms with Gasteiger partial charge in [0.15, 0.2) is 5.65 Å². The third kappa shape index (κ3) is 5.34. The second-order valence-corrected chi connectivity index (χ2v) is 15.6. The molecule has 0 radical (unpaired) electrons. The third-order valence-electron chi connectivity index (χ3n) is 8.38. The molecule has 1 saturated heterocycles. The summed E-state index contributed by atoms with van der Waals surface area (Å²) in [5.74, 6) is 0.870. The van der Waals surface area contributed by atoms with Gasteiger partial charge in [-0.05, 0) is 58.1 Å². The Labute approximate surface area is 253 Å². The van der Waals surface area contributed by atoms with Crippen LogP contribution in [0.4, 0.5) is 5.95 Å². The summed E-state index contributed by atoms with van der Waals surface area (Å²) in [6.07, 6.45) is 15.0. The minimum absolute atomic E-state index is 0.00140. The standard InChI is InChI=1S/C30H36ClN7OS2/c1-19-7-5-9-22(24(31)25(19)32)40-23-18-35-28(38-16-13-34-27(23)38)37-14-10-30(11-15-37)17-21-20(8-6-12-33-21)26(30)36-41(39)29(2,3)4/h5-6,8-9,12-13,16,18,25-26,36H,1,7,10-11,14-15,17,32H2,2-4H3/t25?,26-,41+/m1/s1. The highest BCUT2D eigenvalue weighted by molar-refractivity contribution is 8.03. The Morgan fingerprint density at radius 1 is 1.22 bits per heavy atom. The van der Waals surface area contributed by atoms with Crippen molar-refractivity contribution in [3.05, 3.63) is 82.4 Å². The molecule has 3 aromatic rings. The van der Waals surface area contributed by atoms with Crippen molar-refractivity contribution in [1.82, 2.24) is 24.1 Å². The molecule has 0 amide bonds. The Kier molecular flexibility index (Phi) is 7.76. The molecule has 3 aliphatic rings. The number of halogens is 1. The van der Waals surface area contributed by atoms with Gasteiger partial charge in [0.05, 0.1) is 22.0 Å². The lowest BCUT2D eigenvalue weighted by atomic mass is 9.73. The third-order valence-corrected chi connectivity index (χ3v) is 11.6. The molecule has 1 spiro atoms. The number of hydrogen-bond donors (Lipinski definition) is 2. The predicted octanol–water partition coefficient (Wildman–Crippen LogP) is 5.45. The lowest BCUT2D eigenvalue weighted by molar-refractivity contribution is 0.175. The van der Waals surface area contributed by atoms with Crippen molar-refractivity contribution in [2.24, 2.45) is 11.1 Å². The molecule has 4 heterocycles. The minimum atomic E-state index is -1.18. The van der Waals surface area contributed by atoms with Gasteiger partial charge in [-0.15, -0.1) is 4.72 Å². The van der Waals surface area contributed by atoms with Gasteiger partial charge in [0, 0.05) is 65.3 Å². The van der Waals surface area contributed by atoms with E-state index in [1.807, 2.05) is 63.8 Å². The zero-order valence-electron chi connectivity index (χ0n) is 23.6. The summed E-state index contributed by atoms with van der Waals surface area (Å²) in [4.78, 5) is 18.4. The highest BCUT2D eigenvalue weighted by atomic mass is 35.5. The summed E-state index contributed by atoms with van der Waals surface area (Å²) in [7, 11) is 0. The molecule has 3 N–H and O–H groups in total. The molecule has 3 atom stereocenters. The zero-order valence-corrected chi connectivity index (χ0v) is 26.0. The Bertz CT molecular complexity index is 1540. The first-order valence-electron chi connectivity index (χ1n) is 13.9. The zero-order chi connectivity index (χ0) is 28.9. The SMILES string of the molecule is C=C1CC=CC(Sc2cnc(N3CCC4(CC3)Cc3ncccc3[C@H]4N[S@@+]([O-])C(C)(C)C)n3ccnc23)=C(Cl)C1N. The second-order valence-electron chi connectivity index (χ2n) is 12.1. The second kappa shape index (κ2) is 11.1. The number of nitrogens with two attached hydrogens (primary N) is 1. The molecule has 1 aliphatic heterocycles. The average Bonchev–Trinajstić information content (AvgIpc) is 3.53. The van der Waals surface area contributed by atoms with Crippen LogP contribution in [-0.2, 0) is 17.8 Å². The molecule has 11 heteroatoms. The fourth-order valence-corrected chi connectivity index (χ4v) is 8.21. The molecule has 6 rings (SSSR count). The molecule has 8 nitrogen and oxygen atoms in total. The Morgan fingerprint density at radius 2 is 2.00 bits per heavy atom. The van der Waals surface area contributed by atoms with Gasteiger partial charge in [-0.3, -0.25) is 9.38 Å². The molecule has 3 aromatic heterocycles. The van der Waals surface area contributed by atoms with E-state index in [-0.39, 0.29) is 22.2 Å². The summed E-state index contributed by atoms with van der Waals surface area (Å²) in [5.41, 5.74) is 10.3. The highest BCUT2D eigenvalue weighted by Crippen LogP contribution is 2.52. The van der Waals surface area contributed by atoms with Gasteiger partial charge in [0.25, 0.3) is 0 Å². The van der Waals surface area contributed by atoms with E-state index in [4.69, 9.17) is 27.3 Å². The van der Waals surface area contributed by atoms with Gasteiger partial charge in [0.1, 0.15) is 4.75 Å². The first-order valence-corrected chi connectivity index (χ1v) is 16.3. The van der Waals surface area contributed by atoms with Crippen molar-refractivity contribution in [3.8, 4) is 0 Å². The number of aromatic nitrogens is 4. The monoisotopic (exact) mass is 609 g/mol. The number of nitrogens with zero attached hydrogens (tertiary/aromatic N) is 5. The molecule has 2 aliphatic carbocycles. The average molecular weight is 610 g/mol.